The van der Waals surface area contributed by atoms with E-state index in [0.29, 0.717) is 16.9 Å². The zero-order chi connectivity index (χ0) is 21.3. The standard InChI is InChI=1S/C23H21N3O3S/c1-30(28,29)17-10-6-15(7-11-17)8-13-22-25-20-12-9-16(14-21(20)26-22)18-4-2-3-5-19(18)23(24)27/h2-7,9-12,14H,8,13H2,1H3,(H2,24,27)(H,25,26). The van der Waals surface area contributed by atoms with Crippen LogP contribution in [0, 0.1) is 0 Å². The summed E-state index contributed by atoms with van der Waals surface area (Å²) in [5.74, 6) is 0.385. The Balaban J connectivity index is 1.55. The predicted molar refractivity (Wildman–Crippen MR) is 117 cm³/mol. The number of aromatic amines is 1. The third kappa shape index (κ3) is 4.11. The van der Waals surface area contributed by atoms with Gasteiger partial charge in [-0.05, 0) is 53.4 Å². The summed E-state index contributed by atoms with van der Waals surface area (Å²) in [6.45, 7) is 0. The van der Waals surface area contributed by atoms with Gasteiger partial charge in [0.15, 0.2) is 9.84 Å². The largest absolute Gasteiger partial charge is 0.366 e. The maximum atomic E-state index is 11.7. The quantitative estimate of drug-likeness (QED) is 0.499. The Morgan fingerprint density at radius 3 is 2.43 bits per heavy atom. The summed E-state index contributed by atoms with van der Waals surface area (Å²) in [5.41, 5.74) is 10.4. The normalized spacial score (nSPS) is 11.6. The second-order valence-electron chi connectivity index (χ2n) is 7.24. The molecule has 152 valence electrons. The first kappa shape index (κ1) is 19.8. The van der Waals surface area contributed by atoms with Crippen molar-refractivity contribution in [1.29, 1.82) is 0 Å². The average molecular weight is 420 g/mol. The van der Waals surface area contributed by atoms with Crippen LogP contribution in [0.25, 0.3) is 22.2 Å². The molecule has 3 N–H and O–H groups in total. The highest BCUT2D eigenvalue weighted by molar-refractivity contribution is 7.90. The van der Waals surface area contributed by atoms with E-state index in [0.717, 1.165) is 40.0 Å². The van der Waals surface area contributed by atoms with E-state index in [1.54, 1.807) is 24.3 Å². The van der Waals surface area contributed by atoms with E-state index >= 15 is 0 Å². The highest BCUT2D eigenvalue weighted by atomic mass is 32.2. The van der Waals surface area contributed by atoms with Crippen molar-refractivity contribution < 1.29 is 13.2 Å². The molecule has 0 atom stereocenters. The summed E-state index contributed by atoms with van der Waals surface area (Å²) in [6, 6.07) is 20.0. The minimum absolute atomic E-state index is 0.318. The third-order valence-electron chi connectivity index (χ3n) is 5.04. The molecule has 30 heavy (non-hydrogen) atoms. The Bertz CT molecular complexity index is 1340. The molecule has 6 nitrogen and oxygen atoms in total. The van der Waals surface area contributed by atoms with Gasteiger partial charge in [0, 0.05) is 18.2 Å². The van der Waals surface area contributed by atoms with Gasteiger partial charge in [-0.25, -0.2) is 13.4 Å². The molecule has 1 heterocycles. The van der Waals surface area contributed by atoms with Crippen LogP contribution in [-0.4, -0.2) is 30.5 Å². The van der Waals surface area contributed by atoms with Crippen LogP contribution in [0.3, 0.4) is 0 Å². The number of sulfone groups is 1. The van der Waals surface area contributed by atoms with Crippen LogP contribution in [0.2, 0.25) is 0 Å². The number of nitrogens with zero attached hydrogens (tertiary/aromatic N) is 1. The second-order valence-corrected chi connectivity index (χ2v) is 9.26. The van der Waals surface area contributed by atoms with Crippen LogP contribution in [-0.2, 0) is 22.7 Å². The number of carbonyl (C=O) groups is 1. The van der Waals surface area contributed by atoms with Gasteiger partial charge in [0.1, 0.15) is 5.82 Å². The van der Waals surface area contributed by atoms with Crippen LogP contribution >= 0.6 is 0 Å². The number of H-pyrrole nitrogens is 1. The zero-order valence-electron chi connectivity index (χ0n) is 16.4. The molecule has 3 aromatic carbocycles. The van der Waals surface area contributed by atoms with Gasteiger partial charge in [-0.1, -0.05) is 36.4 Å². The Morgan fingerprint density at radius 1 is 1.00 bits per heavy atom. The zero-order valence-corrected chi connectivity index (χ0v) is 17.2. The highest BCUT2D eigenvalue weighted by Crippen LogP contribution is 2.26. The Hall–Kier alpha value is -3.45. The lowest BCUT2D eigenvalue weighted by Crippen LogP contribution is -2.12. The van der Waals surface area contributed by atoms with Crippen molar-refractivity contribution >= 4 is 26.8 Å². The molecule has 1 amide bonds. The fourth-order valence-corrected chi connectivity index (χ4v) is 4.09. The number of rotatable bonds is 6. The van der Waals surface area contributed by atoms with E-state index in [1.807, 2.05) is 42.5 Å². The summed E-state index contributed by atoms with van der Waals surface area (Å²) in [4.78, 5) is 20.0. The van der Waals surface area contributed by atoms with Gasteiger partial charge in [0.05, 0.1) is 15.9 Å². The molecule has 0 bridgehead atoms. The highest BCUT2D eigenvalue weighted by Gasteiger charge is 2.11. The van der Waals surface area contributed by atoms with Crippen molar-refractivity contribution in [3.05, 3.63) is 83.7 Å². The number of primary amides is 1. The van der Waals surface area contributed by atoms with Crippen molar-refractivity contribution in [3.63, 3.8) is 0 Å². The summed E-state index contributed by atoms with van der Waals surface area (Å²) in [6.07, 6.45) is 2.63. The van der Waals surface area contributed by atoms with Crippen LogP contribution in [0.15, 0.2) is 71.6 Å². The molecule has 0 unspecified atom stereocenters. The molecule has 0 saturated carbocycles. The van der Waals surface area contributed by atoms with Gasteiger partial charge < -0.3 is 10.7 Å². The van der Waals surface area contributed by atoms with Crippen molar-refractivity contribution in [1.82, 2.24) is 9.97 Å². The lowest BCUT2D eigenvalue weighted by atomic mass is 9.99. The van der Waals surface area contributed by atoms with E-state index in [-0.39, 0.29) is 0 Å². The van der Waals surface area contributed by atoms with Gasteiger partial charge in [-0.3, -0.25) is 4.79 Å². The van der Waals surface area contributed by atoms with E-state index < -0.39 is 15.7 Å². The molecule has 4 aromatic rings. The molecule has 0 aliphatic heterocycles. The van der Waals surface area contributed by atoms with Crippen LogP contribution in [0.4, 0.5) is 0 Å². The van der Waals surface area contributed by atoms with Gasteiger partial charge >= 0.3 is 0 Å². The number of nitrogens with two attached hydrogens (primary N) is 1. The molecule has 0 aliphatic rings. The monoisotopic (exact) mass is 419 g/mol. The SMILES string of the molecule is CS(=O)(=O)c1ccc(CCc2nc3ccc(-c4ccccc4C(N)=O)cc3[nH]2)cc1. The van der Waals surface area contributed by atoms with Gasteiger partial charge in [-0.2, -0.15) is 0 Å². The van der Waals surface area contributed by atoms with Gasteiger partial charge in [-0.15, -0.1) is 0 Å². The van der Waals surface area contributed by atoms with Crippen LogP contribution < -0.4 is 5.73 Å². The fourth-order valence-electron chi connectivity index (χ4n) is 3.46. The van der Waals surface area contributed by atoms with Crippen molar-refractivity contribution in [2.24, 2.45) is 5.73 Å². The first-order valence-electron chi connectivity index (χ1n) is 9.48. The molecular formula is C23H21N3O3S. The molecule has 0 fully saturated rings. The summed E-state index contributed by atoms with van der Waals surface area (Å²) in [7, 11) is -3.19. The summed E-state index contributed by atoms with van der Waals surface area (Å²) < 4.78 is 23.1. The molecule has 4 rings (SSSR count). The molecule has 7 heteroatoms. The number of benzene rings is 3. The minimum Gasteiger partial charge on any atom is -0.366 e. The maximum absolute atomic E-state index is 11.7. The molecular weight excluding hydrogens is 398 g/mol. The van der Waals surface area contributed by atoms with Crippen LogP contribution in [0.5, 0.6) is 0 Å². The Kier molecular flexibility index (Phi) is 5.13. The third-order valence-corrected chi connectivity index (χ3v) is 6.16. The number of fused-ring (bicyclic) bond motifs is 1. The second kappa shape index (κ2) is 7.76. The fraction of sp³-hybridized carbons (Fsp3) is 0.130. The van der Waals surface area contributed by atoms with E-state index in [1.165, 1.54) is 6.26 Å². The molecule has 0 aliphatic carbocycles. The first-order valence-corrected chi connectivity index (χ1v) is 11.4. The van der Waals surface area contributed by atoms with E-state index in [9.17, 15) is 13.2 Å². The van der Waals surface area contributed by atoms with Gasteiger partial charge in [0.25, 0.3) is 0 Å². The molecule has 0 radical (unpaired) electrons. The average Bonchev–Trinajstić information content (AvgIpc) is 3.14. The number of imidazole rings is 1. The van der Waals surface area contributed by atoms with Crippen LogP contribution in [0.1, 0.15) is 21.7 Å². The van der Waals surface area contributed by atoms with Crippen molar-refractivity contribution in [2.75, 3.05) is 6.26 Å². The number of nitrogens with one attached hydrogen (secondary N) is 1. The predicted octanol–water partition coefficient (Wildman–Crippen LogP) is 3.52. The number of aromatic nitrogens is 2. The lowest BCUT2D eigenvalue weighted by Gasteiger charge is -2.06. The Morgan fingerprint density at radius 2 is 1.73 bits per heavy atom. The van der Waals surface area contributed by atoms with E-state index in [4.69, 9.17) is 5.73 Å². The number of carbonyl (C=O) groups excluding carboxylic acids is 1. The number of hydrogen-bond donors (Lipinski definition) is 2. The lowest BCUT2D eigenvalue weighted by molar-refractivity contribution is 0.100. The number of aryl methyl sites for hydroxylation is 2. The maximum Gasteiger partial charge on any atom is 0.249 e. The number of hydrogen-bond acceptors (Lipinski definition) is 4. The van der Waals surface area contributed by atoms with Crippen molar-refractivity contribution in [3.8, 4) is 11.1 Å². The first-order chi connectivity index (χ1) is 14.3. The minimum atomic E-state index is -3.19. The molecule has 0 spiro atoms. The van der Waals surface area contributed by atoms with Gasteiger partial charge in [0.2, 0.25) is 5.91 Å². The summed E-state index contributed by atoms with van der Waals surface area (Å²) >= 11 is 0. The van der Waals surface area contributed by atoms with Crippen molar-refractivity contribution in [2.45, 2.75) is 17.7 Å². The summed E-state index contributed by atoms with van der Waals surface area (Å²) in [5, 5.41) is 0. The Labute approximate surface area is 174 Å². The smallest absolute Gasteiger partial charge is 0.249 e. The molecule has 1 aromatic heterocycles. The molecule has 0 saturated heterocycles. The van der Waals surface area contributed by atoms with E-state index in [2.05, 4.69) is 9.97 Å². The topological polar surface area (TPSA) is 106 Å². The number of amides is 1.